The Hall–Kier alpha value is -5.15. The zero-order valence-electron chi connectivity index (χ0n) is 19.5. The summed E-state index contributed by atoms with van der Waals surface area (Å²) in [6.45, 7) is 7.53. The number of hydrogen-bond donors (Lipinski definition) is 5. The number of nitrogens with one attached hydrogen (secondary N) is 4. The van der Waals surface area contributed by atoms with Crippen LogP contribution in [0, 0.1) is 6.57 Å². The van der Waals surface area contributed by atoms with Crippen molar-refractivity contribution < 1.29 is 19.4 Å². The maximum absolute atomic E-state index is 12.4. The topological polar surface area (TPSA) is 142 Å². The molecule has 2 heterocycles. The van der Waals surface area contributed by atoms with Crippen molar-refractivity contribution in [1.82, 2.24) is 14.7 Å². The van der Waals surface area contributed by atoms with Crippen LogP contribution in [-0.2, 0) is 6.54 Å². The zero-order chi connectivity index (χ0) is 26.2. The first-order valence-corrected chi connectivity index (χ1v) is 11.7. The van der Waals surface area contributed by atoms with Gasteiger partial charge in [0.25, 0.3) is 11.6 Å². The minimum Gasteiger partial charge on any atom is -0.501 e. The van der Waals surface area contributed by atoms with Crippen LogP contribution in [0.4, 0.5) is 26.9 Å². The Balaban J connectivity index is 1.28. The molecule has 0 aliphatic heterocycles. The Morgan fingerprint density at radius 1 is 1.03 bits per heavy atom. The van der Waals surface area contributed by atoms with Gasteiger partial charge in [-0.2, -0.15) is 4.37 Å². The van der Waals surface area contributed by atoms with Gasteiger partial charge >= 0.3 is 6.03 Å². The van der Waals surface area contributed by atoms with Crippen LogP contribution in [-0.4, -0.2) is 33.5 Å². The molecule has 3 amide bonds. The number of carbonyl (C=O) groups is 2. The first kappa shape index (κ1) is 25.0. The average molecular weight is 516 g/mol. The third-order valence-corrected chi connectivity index (χ3v) is 5.75. The van der Waals surface area contributed by atoms with E-state index in [4.69, 9.17) is 11.3 Å². The van der Waals surface area contributed by atoms with Crippen LogP contribution in [0.3, 0.4) is 0 Å². The Morgan fingerprint density at radius 3 is 2.35 bits per heavy atom. The van der Waals surface area contributed by atoms with Gasteiger partial charge in [0.2, 0.25) is 5.88 Å². The number of anilines is 3. The zero-order valence-corrected chi connectivity index (χ0v) is 20.3. The molecule has 4 rings (SSSR count). The van der Waals surface area contributed by atoms with Crippen LogP contribution in [0.2, 0.25) is 0 Å². The van der Waals surface area contributed by atoms with E-state index in [0.29, 0.717) is 34.4 Å². The molecule has 0 saturated heterocycles. The molecular formula is C25H21N7O4S. The van der Waals surface area contributed by atoms with Crippen molar-refractivity contribution in [3.05, 3.63) is 89.5 Å². The molecule has 0 saturated carbocycles. The third-order valence-electron chi connectivity index (χ3n) is 4.97. The third kappa shape index (κ3) is 6.50. The molecule has 0 aliphatic carbocycles. The summed E-state index contributed by atoms with van der Waals surface area (Å²) in [7, 11) is 1.53. The molecule has 4 aromatic rings. The van der Waals surface area contributed by atoms with Gasteiger partial charge in [0.1, 0.15) is 22.2 Å². The molecule has 0 atom stereocenters. The lowest BCUT2D eigenvalue weighted by Crippen LogP contribution is -2.19. The second-order valence-corrected chi connectivity index (χ2v) is 8.28. The predicted molar refractivity (Wildman–Crippen MR) is 141 cm³/mol. The molecule has 2 aromatic carbocycles. The Labute approximate surface area is 216 Å². The second-order valence-electron chi connectivity index (χ2n) is 7.51. The highest BCUT2D eigenvalue weighted by Crippen LogP contribution is 2.38. The lowest BCUT2D eigenvalue weighted by molar-refractivity contribution is 0.0957. The summed E-state index contributed by atoms with van der Waals surface area (Å²) < 4.78 is 9.52. The minimum atomic E-state index is -0.411. The molecule has 0 aliphatic rings. The standard InChI is InChI=1S/C25H21N7O4S/c1-26-21-23(34)32-37-24(21)29-14-15-3-5-16(6-4-15)30-25(35)31-17-7-9-18(10-8-17)36-19-11-12-28-20(13-19)22(33)27-2/h3-13,29H,14H2,2H3,(H,27,33)(H,32,34)(H2,30,31,35). The number of urea groups is 1. The highest BCUT2D eigenvalue weighted by molar-refractivity contribution is 7.11. The summed E-state index contributed by atoms with van der Waals surface area (Å²) in [5.41, 5.74) is 2.43. The first-order valence-electron chi connectivity index (χ1n) is 10.9. The van der Waals surface area contributed by atoms with Gasteiger partial charge in [-0.1, -0.05) is 12.1 Å². The largest absolute Gasteiger partial charge is 0.501 e. The van der Waals surface area contributed by atoms with Crippen LogP contribution < -0.4 is 26.0 Å². The van der Waals surface area contributed by atoms with Crippen molar-refractivity contribution in [2.45, 2.75) is 6.54 Å². The number of pyridine rings is 1. The van der Waals surface area contributed by atoms with Crippen molar-refractivity contribution in [3.63, 3.8) is 0 Å². The molecule has 37 heavy (non-hydrogen) atoms. The van der Waals surface area contributed by atoms with E-state index in [9.17, 15) is 14.7 Å². The van der Waals surface area contributed by atoms with Crippen LogP contribution in [0.15, 0.2) is 66.9 Å². The predicted octanol–water partition coefficient (Wildman–Crippen LogP) is 5.20. The van der Waals surface area contributed by atoms with Gasteiger partial charge in [-0.05, 0) is 59.6 Å². The Morgan fingerprint density at radius 2 is 1.70 bits per heavy atom. The number of amides is 3. The number of nitrogens with zero attached hydrogens (tertiary/aromatic N) is 3. The van der Waals surface area contributed by atoms with Crippen molar-refractivity contribution in [1.29, 1.82) is 0 Å². The fraction of sp³-hybridized carbons (Fsp3) is 0.0800. The molecule has 0 spiro atoms. The molecule has 11 nitrogen and oxygen atoms in total. The summed E-state index contributed by atoms with van der Waals surface area (Å²) >= 11 is 1.02. The van der Waals surface area contributed by atoms with Gasteiger partial charge in [0.15, 0.2) is 0 Å². The van der Waals surface area contributed by atoms with E-state index in [-0.39, 0.29) is 23.2 Å². The average Bonchev–Trinajstić information content (AvgIpc) is 3.28. The van der Waals surface area contributed by atoms with Crippen LogP contribution in [0.5, 0.6) is 17.4 Å². The number of aromatic hydroxyl groups is 1. The number of benzene rings is 2. The summed E-state index contributed by atoms with van der Waals surface area (Å²) in [6, 6.07) is 16.7. The number of ether oxygens (including phenoxy) is 1. The molecule has 0 bridgehead atoms. The fourth-order valence-electron chi connectivity index (χ4n) is 3.14. The highest BCUT2D eigenvalue weighted by Gasteiger charge is 2.12. The van der Waals surface area contributed by atoms with Crippen LogP contribution in [0.25, 0.3) is 4.85 Å². The van der Waals surface area contributed by atoms with Gasteiger partial charge in [0.05, 0.1) is 6.57 Å². The quantitative estimate of drug-likeness (QED) is 0.203. The van der Waals surface area contributed by atoms with Gasteiger partial charge in [-0.3, -0.25) is 9.78 Å². The molecule has 186 valence electrons. The second kappa shape index (κ2) is 11.5. The van der Waals surface area contributed by atoms with Gasteiger partial charge in [-0.25, -0.2) is 9.64 Å². The van der Waals surface area contributed by atoms with E-state index in [1.807, 2.05) is 12.1 Å². The number of carbonyl (C=O) groups excluding carboxylic acids is 2. The minimum absolute atomic E-state index is 0.104. The SMILES string of the molecule is [C-]#[N+]c1c(O)nsc1NCc1ccc(NC(=O)Nc2ccc(Oc3ccnc(C(=O)NC)c3)cc2)cc1. The maximum Gasteiger partial charge on any atom is 0.323 e. The summed E-state index contributed by atoms with van der Waals surface area (Å²) in [5, 5.41) is 21.1. The Kier molecular flexibility index (Phi) is 7.77. The number of rotatable bonds is 8. The first-order chi connectivity index (χ1) is 17.9. The molecular weight excluding hydrogens is 494 g/mol. The van der Waals surface area contributed by atoms with E-state index < -0.39 is 6.03 Å². The van der Waals surface area contributed by atoms with Crippen molar-refractivity contribution in [2.75, 3.05) is 23.0 Å². The van der Waals surface area contributed by atoms with Gasteiger partial charge < -0.3 is 31.1 Å². The van der Waals surface area contributed by atoms with E-state index in [0.717, 1.165) is 17.1 Å². The van der Waals surface area contributed by atoms with Gasteiger partial charge in [-0.15, -0.1) is 0 Å². The Bertz CT molecular complexity index is 1450. The smallest absolute Gasteiger partial charge is 0.323 e. The lowest BCUT2D eigenvalue weighted by Gasteiger charge is -2.10. The molecule has 2 aromatic heterocycles. The molecule has 0 radical (unpaired) electrons. The van der Waals surface area contributed by atoms with Gasteiger partial charge in [0, 0.05) is 37.2 Å². The number of hydrogen-bond acceptors (Lipinski definition) is 8. The molecule has 5 N–H and O–H groups in total. The normalized spacial score (nSPS) is 10.2. The fourth-order valence-corrected chi connectivity index (χ4v) is 3.77. The molecule has 0 unspecified atom stereocenters. The van der Waals surface area contributed by atoms with Crippen molar-refractivity contribution >= 4 is 45.5 Å². The highest BCUT2D eigenvalue weighted by atomic mass is 32.1. The van der Waals surface area contributed by atoms with E-state index >= 15 is 0 Å². The summed E-state index contributed by atoms with van der Waals surface area (Å²) in [6.07, 6.45) is 1.49. The van der Waals surface area contributed by atoms with Crippen LogP contribution in [0.1, 0.15) is 16.1 Å². The lowest BCUT2D eigenvalue weighted by atomic mass is 10.2. The van der Waals surface area contributed by atoms with Crippen LogP contribution >= 0.6 is 11.5 Å². The monoisotopic (exact) mass is 515 g/mol. The van der Waals surface area contributed by atoms with E-state index in [2.05, 4.69) is 35.5 Å². The summed E-state index contributed by atoms with van der Waals surface area (Å²) in [4.78, 5) is 31.4. The molecule has 0 fully saturated rings. The number of aromatic nitrogens is 2. The van der Waals surface area contributed by atoms with E-state index in [1.54, 1.807) is 42.5 Å². The summed E-state index contributed by atoms with van der Waals surface area (Å²) in [5.74, 6) is 0.402. The van der Waals surface area contributed by atoms with Crippen molar-refractivity contribution in [3.8, 4) is 17.4 Å². The maximum atomic E-state index is 12.4. The van der Waals surface area contributed by atoms with E-state index in [1.165, 1.54) is 19.3 Å². The molecule has 12 heteroatoms. The van der Waals surface area contributed by atoms with Crippen molar-refractivity contribution in [2.24, 2.45) is 0 Å².